The minimum Gasteiger partial charge on any atom is -0.385 e. The Balaban J connectivity index is 2.74. The topological polar surface area (TPSA) is 64.5 Å². The predicted molar refractivity (Wildman–Crippen MR) is 60.0 cm³/mol. The maximum atomic E-state index is 8.93. The van der Waals surface area contributed by atoms with Gasteiger partial charge in [-0.15, -0.1) is 0 Å². The summed E-state index contributed by atoms with van der Waals surface area (Å²) in [6.07, 6.45) is 1.63. The lowest BCUT2D eigenvalue weighted by Gasteiger charge is -2.05. The van der Waals surface area contributed by atoms with Crippen molar-refractivity contribution in [3.05, 3.63) is 23.0 Å². The largest absolute Gasteiger partial charge is 0.385 e. The molecule has 0 radical (unpaired) electrons. The van der Waals surface area contributed by atoms with E-state index in [0.29, 0.717) is 16.4 Å². The molecule has 2 aromatic rings. The molecule has 2 heterocycles. The first-order valence-electron chi connectivity index (χ1n) is 4.58. The van der Waals surface area contributed by atoms with Crippen LogP contribution in [0.2, 0.25) is 5.15 Å². The number of aromatic amines is 1. The van der Waals surface area contributed by atoms with E-state index in [1.165, 1.54) is 0 Å². The molecule has 2 rings (SSSR count). The van der Waals surface area contributed by atoms with Crippen LogP contribution in [0.1, 0.15) is 12.5 Å². The predicted octanol–water partition coefficient (Wildman–Crippen LogP) is 2.52. The van der Waals surface area contributed by atoms with Gasteiger partial charge in [0, 0.05) is 18.4 Å². The second-order valence-electron chi connectivity index (χ2n) is 3.06. The SMILES string of the molecule is CCNc1cc(Cl)nc2[nH]cc(C#N)c12. The van der Waals surface area contributed by atoms with Crippen LogP contribution in [-0.4, -0.2) is 16.5 Å². The van der Waals surface area contributed by atoms with Crippen LogP contribution < -0.4 is 5.32 Å². The van der Waals surface area contributed by atoms with E-state index in [2.05, 4.69) is 21.4 Å². The van der Waals surface area contributed by atoms with Crippen molar-refractivity contribution in [3.63, 3.8) is 0 Å². The molecule has 0 saturated carbocycles. The maximum absolute atomic E-state index is 8.93. The molecule has 2 N–H and O–H groups in total. The summed E-state index contributed by atoms with van der Waals surface area (Å²) in [5.41, 5.74) is 2.05. The van der Waals surface area contributed by atoms with Gasteiger partial charge < -0.3 is 10.3 Å². The number of hydrogen-bond acceptors (Lipinski definition) is 3. The third kappa shape index (κ3) is 1.62. The highest BCUT2D eigenvalue weighted by Gasteiger charge is 2.10. The van der Waals surface area contributed by atoms with Crippen molar-refractivity contribution in [2.75, 3.05) is 11.9 Å². The highest BCUT2D eigenvalue weighted by molar-refractivity contribution is 6.30. The average Bonchev–Trinajstić information content (AvgIpc) is 2.61. The summed E-state index contributed by atoms with van der Waals surface area (Å²) in [5, 5.41) is 13.3. The summed E-state index contributed by atoms with van der Waals surface area (Å²) >= 11 is 5.86. The molecule has 0 fully saturated rings. The number of nitrogens with zero attached hydrogens (tertiary/aromatic N) is 2. The van der Waals surface area contributed by atoms with E-state index in [-0.39, 0.29) is 0 Å². The van der Waals surface area contributed by atoms with E-state index in [0.717, 1.165) is 17.6 Å². The van der Waals surface area contributed by atoms with Crippen molar-refractivity contribution >= 4 is 28.3 Å². The Morgan fingerprint density at radius 1 is 1.67 bits per heavy atom. The normalized spacial score (nSPS) is 10.2. The molecule has 0 bridgehead atoms. The Bertz CT molecular complexity index is 538. The van der Waals surface area contributed by atoms with E-state index < -0.39 is 0 Å². The lowest BCUT2D eigenvalue weighted by atomic mass is 10.2. The summed E-state index contributed by atoms with van der Waals surface area (Å²) in [5.74, 6) is 0. The molecule has 0 spiro atoms. The lowest BCUT2D eigenvalue weighted by molar-refractivity contribution is 1.21. The molecular formula is C10H9ClN4. The molecule has 15 heavy (non-hydrogen) atoms. The molecule has 76 valence electrons. The van der Waals surface area contributed by atoms with Crippen molar-refractivity contribution < 1.29 is 0 Å². The summed E-state index contributed by atoms with van der Waals surface area (Å²) in [7, 11) is 0. The lowest BCUT2D eigenvalue weighted by Crippen LogP contribution is -1.98. The monoisotopic (exact) mass is 220 g/mol. The van der Waals surface area contributed by atoms with Crippen LogP contribution in [-0.2, 0) is 0 Å². The van der Waals surface area contributed by atoms with Gasteiger partial charge in [0.25, 0.3) is 0 Å². The van der Waals surface area contributed by atoms with Crippen LogP contribution in [0, 0.1) is 11.3 Å². The van der Waals surface area contributed by atoms with Crippen molar-refractivity contribution in [2.24, 2.45) is 0 Å². The highest BCUT2D eigenvalue weighted by Crippen LogP contribution is 2.27. The molecule has 0 atom stereocenters. The number of rotatable bonds is 2. The van der Waals surface area contributed by atoms with Gasteiger partial charge >= 0.3 is 0 Å². The zero-order chi connectivity index (χ0) is 10.8. The zero-order valence-electron chi connectivity index (χ0n) is 8.13. The summed E-state index contributed by atoms with van der Waals surface area (Å²) in [6.45, 7) is 2.75. The Hall–Kier alpha value is -1.73. The van der Waals surface area contributed by atoms with E-state index in [9.17, 15) is 0 Å². The molecule has 4 nitrogen and oxygen atoms in total. The van der Waals surface area contributed by atoms with Gasteiger partial charge in [0.1, 0.15) is 16.9 Å². The van der Waals surface area contributed by atoms with Crippen molar-refractivity contribution in [3.8, 4) is 6.07 Å². The number of anilines is 1. The van der Waals surface area contributed by atoms with Crippen molar-refractivity contribution in [1.82, 2.24) is 9.97 Å². The number of fused-ring (bicyclic) bond motifs is 1. The Kier molecular flexibility index (Phi) is 2.48. The zero-order valence-corrected chi connectivity index (χ0v) is 8.89. The molecule has 0 unspecified atom stereocenters. The van der Waals surface area contributed by atoms with Crippen LogP contribution in [0.15, 0.2) is 12.3 Å². The van der Waals surface area contributed by atoms with Gasteiger partial charge in [-0.2, -0.15) is 5.26 Å². The van der Waals surface area contributed by atoms with Crippen LogP contribution in [0.4, 0.5) is 5.69 Å². The Morgan fingerprint density at radius 2 is 2.47 bits per heavy atom. The fraction of sp³-hybridized carbons (Fsp3) is 0.200. The number of hydrogen-bond donors (Lipinski definition) is 2. The third-order valence-electron chi connectivity index (χ3n) is 2.10. The number of pyridine rings is 1. The van der Waals surface area contributed by atoms with E-state index in [4.69, 9.17) is 16.9 Å². The second-order valence-corrected chi connectivity index (χ2v) is 3.45. The van der Waals surface area contributed by atoms with Crippen LogP contribution >= 0.6 is 11.6 Å². The first-order chi connectivity index (χ1) is 7.26. The van der Waals surface area contributed by atoms with Crippen molar-refractivity contribution in [2.45, 2.75) is 6.92 Å². The smallest absolute Gasteiger partial charge is 0.142 e. The molecule has 0 aromatic carbocycles. The molecule has 0 aliphatic carbocycles. The van der Waals surface area contributed by atoms with Gasteiger partial charge in [0.2, 0.25) is 0 Å². The second kappa shape index (κ2) is 3.79. The minimum absolute atomic E-state index is 0.407. The van der Waals surface area contributed by atoms with Crippen LogP contribution in [0.3, 0.4) is 0 Å². The van der Waals surface area contributed by atoms with Gasteiger partial charge in [-0.1, -0.05) is 11.6 Å². The van der Waals surface area contributed by atoms with E-state index in [1.54, 1.807) is 12.3 Å². The highest BCUT2D eigenvalue weighted by atomic mass is 35.5. The summed E-state index contributed by atoms with van der Waals surface area (Å²) < 4.78 is 0. The number of halogens is 1. The first-order valence-corrected chi connectivity index (χ1v) is 4.95. The van der Waals surface area contributed by atoms with Crippen LogP contribution in [0.25, 0.3) is 11.0 Å². The van der Waals surface area contributed by atoms with Gasteiger partial charge in [0.05, 0.1) is 10.9 Å². The minimum atomic E-state index is 0.407. The third-order valence-corrected chi connectivity index (χ3v) is 2.29. The number of nitriles is 1. The molecule has 5 heteroatoms. The molecule has 0 amide bonds. The number of H-pyrrole nitrogens is 1. The Morgan fingerprint density at radius 3 is 3.13 bits per heavy atom. The van der Waals surface area contributed by atoms with Gasteiger partial charge in [-0.25, -0.2) is 4.98 Å². The molecule has 0 aliphatic rings. The number of aromatic nitrogens is 2. The first kappa shape index (κ1) is 9.81. The summed E-state index contributed by atoms with van der Waals surface area (Å²) in [4.78, 5) is 7.03. The molecule has 2 aromatic heterocycles. The van der Waals surface area contributed by atoms with Gasteiger partial charge in [-0.05, 0) is 13.0 Å². The molecular weight excluding hydrogens is 212 g/mol. The number of nitrogens with one attached hydrogen (secondary N) is 2. The van der Waals surface area contributed by atoms with Gasteiger partial charge in [0.15, 0.2) is 0 Å². The quantitative estimate of drug-likeness (QED) is 0.765. The standard InChI is InChI=1S/C10H9ClN4/c1-2-13-7-3-8(11)15-10-9(7)6(4-12)5-14-10/h3,5H,2H2,1H3,(H2,13,14,15). The van der Waals surface area contributed by atoms with Crippen molar-refractivity contribution in [1.29, 1.82) is 5.26 Å². The Labute approximate surface area is 91.9 Å². The van der Waals surface area contributed by atoms with Crippen LogP contribution in [0.5, 0.6) is 0 Å². The van der Waals surface area contributed by atoms with Gasteiger partial charge in [-0.3, -0.25) is 0 Å². The fourth-order valence-electron chi connectivity index (χ4n) is 1.52. The van der Waals surface area contributed by atoms with E-state index in [1.807, 2.05) is 6.92 Å². The summed E-state index contributed by atoms with van der Waals surface area (Å²) in [6, 6.07) is 3.84. The molecule has 0 aliphatic heterocycles. The molecule has 0 saturated heterocycles. The fourth-order valence-corrected chi connectivity index (χ4v) is 1.72. The maximum Gasteiger partial charge on any atom is 0.142 e. The van der Waals surface area contributed by atoms with E-state index >= 15 is 0 Å². The average molecular weight is 221 g/mol.